The Balaban J connectivity index is 1.87. The van der Waals surface area contributed by atoms with Gasteiger partial charge in [0.2, 0.25) is 0 Å². The molecule has 1 heterocycles. The number of aromatic amines is 1. The maximum Gasteiger partial charge on any atom is 0.382 e. The number of benzene rings is 2. The molecular formula is C21H21N3O8S. The molecule has 0 aliphatic heterocycles. The number of H-pyrrole nitrogens is 1. The molecule has 0 spiro atoms. The van der Waals surface area contributed by atoms with Crippen LogP contribution in [0.25, 0.3) is 0 Å². The van der Waals surface area contributed by atoms with Crippen LogP contribution in [0, 0.1) is 0 Å². The number of amides is 1. The summed E-state index contributed by atoms with van der Waals surface area (Å²) in [6.07, 6.45) is 2.88. The Bertz CT molecular complexity index is 1220. The first-order valence-corrected chi connectivity index (χ1v) is 11.4. The van der Waals surface area contributed by atoms with Crippen LogP contribution in [0.1, 0.15) is 17.4 Å². The van der Waals surface area contributed by atoms with Gasteiger partial charge in [0, 0.05) is 36.3 Å². The summed E-state index contributed by atoms with van der Waals surface area (Å²) in [5.41, 5.74) is 0.466. The average Bonchev–Trinajstić information content (AvgIpc) is 3.28. The molecule has 1 amide bonds. The highest BCUT2D eigenvalue weighted by molar-refractivity contribution is 7.90. The monoisotopic (exact) mass is 475 g/mol. The fourth-order valence-corrected chi connectivity index (χ4v) is 3.27. The van der Waals surface area contributed by atoms with Gasteiger partial charge in [0.25, 0.3) is 5.91 Å². The second kappa shape index (κ2) is 10.1. The zero-order valence-corrected chi connectivity index (χ0v) is 18.7. The molecule has 0 radical (unpaired) electrons. The first kappa shape index (κ1) is 23.8. The van der Waals surface area contributed by atoms with Crippen molar-refractivity contribution < 1.29 is 37.3 Å². The van der Waals surface area contributed by atoms with Crippen LogP contribution in [0.5, 0.6) is 17.2 Å². The molecule has 1 atom stereocenters. The minimum atomic E-state index is -3.35. The van der Waals surface area contributed by atoms with Crippen LogP contribution < -0.4 is 14.8 Å². The second-order valence-electron chi connectivity index (χ2n) is 6.78. The lowest BCUT2D eigenvalue weighted by Gasteiger charge is -2.15. The number of rotatable bonds is 9. The largest absolute Gasteiger partial charge is 0.479 e. The molecule has 3 rings (SSSR count). The maximum atomic E-state index is 12.4. The standard InChI is InChI=1S/C21H21N3O8S/c1-13(21(26)32-29-2)30-16-8-14(24-20(25)19-11-22-12-23-19)9-17(10-16)31-15-4-6-18(7-5-15)33(3,27)28/h4-13H,1-3H3,(H,22,23)(H,24,25)/t13-/m0/s1. The van der Waals surface area contributed by atoms with E-state index in [0.717, 1.165) is 6.26 Å². The van der Waals surface area contributed by atoms with E-state index in [9.17, 15) is 18.0 Å². The lowest BCUT2D eigenvalue weighted by Crippen LogP contribution is -2.25. The third kappa shape index (κ3) is 6.54. The number of ether oxygens (including phenoxy) is 2. The highest BCUT2D eigenvalue weighted by Crippen LogP contribution is 2.31. The van der Waals surface area contributed by atoms with Gasteiger partial charge < -0.3 is 19.8 Å². The van der Waals surface area contributed by atoms with Crippen molar-refractivity contribution in [3.05, 3.63) is 60.7 Å². The van der Waals surface area contributed by atoms with Gasteiger partial charge in [-0.1, -0.05) is 0 Å². The van der Waals surface area contributed by atoms with Crippen molar-refractivity contribution in [2.75, 3.05) is 18.7 Å². The zero-order valence-electron chi connectivity index (χ0n) is 17.9. The molecule has 0 saturated heterocycles. The summed E-state index contributed by atoms with van der Waals surface area (Å²) in [7, 11) is -2.16. The van der Waals surface area contributed by atoms with Gasteiger partial charge in [-0.25, -0.2) is 18.2 Å². The quantitative estimate of drug-likeness (QED) is 0.352. The number of carbonyl (C=O) groups is 2. The summed E-state index contributed by atoms with van der Waals surface area (Å²) in [4.78, 5) is 39.7. The smallest absolute Gasteiger partial charge is 0.382 e. The third-order valence-electron chi connectivity index (χ3n) is 4.17. The molecule has 33 heavy (non-hydrogen) atoms. The van der Waals surface area contributed by atoms with Crippen LogP contribution in [-0.2, 0) is 24.4 Å². The number of aromatic nitrogens is 2. The molecule has 2 aromatic carbocycles. The summed E-state index contributed by atoms with van der Waals surface area (Å²) in [6.45, 7) is 1.46. The third-order valence-corrected chi connectivity index (χ3v) is 5.30. The predicted octanol–water partition coefficient (Wildman–Crippen LogP) is 2.73. The summed E-state index contributed by atoms with van der Waals surface area (Å²) < 4.78 is 34.7. The van der Waals surface area contributed by atoms with Gasteiger partial charge in [0.15, 0.2) is 15.9 Å². The van der Waals surface area contributed by atoms with Crippen molar-refractivity contribution in [1.29, 1.82) is 0 Å². The van der Waals surface area contributed by atoms with Gasteiger partial charge in [-0.15, -0.1) is 0 Å². The van der Waals surface area contributed by atoms with Crippen LogP contribution >= 0.6 is 0 Å². The van der Waals surface area contributed by atoms with Gasteiger partial charge >= 0.3 is 5.97 Å². The molecule has 0 fully saturated rings. The van der Waals surface area contributed by atoms with Crippen molar-refractivity contribution in [1.82, 2.24) is 9.97 Å². The van der Waals surface area contributed by atoms with Crippen LogP contribution in [0.4, 0.5) is 5.69 Å². The van der Waals surface area contributed by atoms with E-state index >= 15 is 0 Å². The molecule has 11 nitrogen and oxygen atoms in total. The van der Waals surface area contributed by atoms with E-state index in [1.165, 1.54) is 69.0 Å². The van der Waals surface area contributed by atoms with Crippen molar-refractivity contribution in [2.24, 2.45) is 0 Å². The van der Waals surface area contributed by atoms with Crippen molar-refractivity contribution in [3.8, 4) is 17.2 Å². The summed E-state index contributed by atoms with van der Waals surface area (Å²) in [5.74, 6) is -0.454. The normalized spacial score (nSPS) is 12.0. The summed E-state index contributed by atoms with van der Waals surface area (Å²) in [6, 6.07) is 10.3. The minimum absolute atomic E-state index is 0.143. The molecule has 0 aliphatic rings. The van der Waals surface area contributed by atoms with Crippen LogP contribution in [-0.4, -0.2) is 49.7 Å². The van der Waals surface area contributed by atoms with Crippen LogP contribution in [0.3, 0.4) is 0 Å². The number of hydrogen-bond donors (Lipinski definition) is 2. The SMILES string of the molecule is COOC(=O)[C@H](C)Oc1cc(NC(=O)c2c[nH]cn2)cc(Oc2ccc(S(C)(=O)=O)cc2)c1. The number of sulfone groups is 1. The van der Waals surface area contributed by atoms with Gasteiger partial charge in [-0.2, -0.15) is 4.89 Å². The van der Waals surface area contributed by atoms with Crippen molar-refractivity contribution in [3.63, 3.8) is 0 Å². The average molecular weight is 475 g/mol. The highest BCUT2D eigenvalue weighted by atomic mass is 32.2. The number of anilines is 1. The second-order valence-corrected chi connectivity index (χ2v) is 8.79. The predicted molar refractivity (Wildman–Crippen MR) is 116 cm³/mol. The Labute approximate surface area is 189 Å². The molecule has 0 saturated carbocycles. The van der Waals surface area contributed by atoms with E-state index in [1.54, 1.807) is 0 Å². The Hall–Kier alpha value is -3.90. The minimum Gasteiger partial charge on any atom is -0.479 e. The Kier molecular flexibility index (Phi) is 7.30. The van der Waals surface area contributed by atoms with Gasteiger partial charge in [-0.3, -0.25) is 9.68 Å². The lowest BCUT2D eigenvalue weighted by molar-refractivity contribution is -0.260. The summed E-state index contributed by atoms with van der Waals surface area (Å²) >= 11 is 0. The fourth-order valence-electron chi connectivity index (χ4n) is 2.64. The first-order valence-electron chi connectivity index (χ1n) is 9.50. The van der Waals surface area contributed by atoms with E-state index in [0.29, 0.717) is 11.4 Å². The van der Waals surface area contributed by atoms with E-state index in [4.69, 9.17) is 9.47 Å². The van der Waals surface area contributed by atoms with E-state index in [-0.39, 0.29) is 22.1 Å². The number of hydrogen-bond acceptors (Lipinski definition) is 9. The number of nitrogens with zero attached hydrogens (tertiary/aromatic N) is 1. The Morgan fingerprint density at radius 3 is 2.36 bits per heavy atom. The number of nitrogens with one attached hydrogen (secondary N) is 2. The number of imidazole rings is 1. The molecule has 2 N–H and O–H groups in total. The fraction of sp³-hybridized carbons (Fsp3) is 0.190. The molecule has 3 aromatic rings. The van der Waals surface area contributed by atoms with Gasteiger partial charge in [0.05, 0.1) is 18.3 Å². The highest BCUT2D eigenvalue weighted by Gasteiger charge is 2.19. The lowest BCUT2D eigenvalue weighted by atomic mass is 10.2. The van der Waals surface area contributed by atoms with E-state index < -0.39 is 27.8 Å². The van der Waals surface area contributed by atoms with Gasteiger partial charge in [0.1, 0.15) is 22.9 Å². The molecule has 0 unspecified atom stereocenters. The van der Waals surface area contributed by atoms with Gasteiger partial charge in [-0.05, 0) is 31.2 Å². The Morgan fingerprint density at radius 2 is 1.76 bits per heavy atom. The van der Waals surface area contributed by atoms with Crippen LogP contribution in [0.2, 0.25) is 0 Å². The molecule has 0 aliphatic carbocycles. The van der Waals surface area contributed by atoms with Crippen LogP contribution in [0.15, 0.2) is 59.9 Å². The van der Waals surface area contributed by atoms with Crippen molar-refractivity contribution in [2.45, 2.75) is 17.9 Å². The molecule has 12 heteroatoms. The summed E-state index contributed by atoms with van der Waals surface area (Å²) in [5, 5.41) is 2.67. The van der Waals surface area contributed by atoms with E-state index in [2.05, 4.69) is 25.1 Å². The topological polar surface area (TPSA) is 146 Å². The number of carbonyl (C=O) groups excluding carboxylic acids is 2. The van der Waals surface area contributed by atoms with E-state index in [1.807, 2.05) is 0 Å². The maximum absolute atomic E-state index is 12.4. The first-order chi connectivity index (χ1) is 15.7. The molecular weight excluding hydrogens is 454 g/mol. The molecule has 0 bridgehead atoms. The Morgan fingerprint density at radius 1 is 1.06 bits per heavy atom. The zero-order chi connectivity index (χ0) is 24.0. The van der Waals surface area contributed by atoms with Crippen molar-refractivity contribution >= 4 is 27.4 Å². The molecule has 174 valence electrons. The molecule has 1 aromatic heterocycles.